The first-order valence-electron chi connectivity index (χ1n) is 4.62. The molecule has 0 heterocycles. The average molecular weight is 244 g/mol. The summed E-state index contributed by atoms with van der Waals surface area (Å²) in [7, 11) is 4.93. The topological polar surface area (TPSA) is 53.6 Å². The first-order valence-corrected chi connectivity index (χ1v) is 5.00. The predicted octanol–water partition coefficient (Wildman–Crippen LogP) is 1.95. The minimum Gasteiger partial charge on any atom is -0.493 e. The van der Waals surface area contributed by atoms with Crippen molar-refractivity contribution in [3.8, 4) is 5.75 Å². The Hall–Kier alpha value is -1.46. The molecule has 0 aliphatic carbocycles. The minimum atomic E-state index is -0.356. The summed E-state index contributed by atoms with van der Waals surface area (Å²) < 4.78 is 5.09. The summed E-state index contributed by atoms with van der Waals surface area (Å²) >= 11 is 5.91. The molecule has 16 heavy (non-hydrogen) atoms. The molecule has 1 rings (SSSR count). The number of hydrogen-bond acceptors (Lipinski definition) is 3. The Kier molecular flexibility index (Phi) is 4.39. The van der Waals surface area contributed by atoms with Gasteiger partial charge in [0.25, 0.3) is 0 Å². The molecule has 0 fully saturated rings. The summed E-state index contributed by atoms with van der Waals surface area (Å²) in [6.45, 7) is 0. The second-order valence-electron chi connectivity index (χ2n) is 3.28. The standard InChI is InChI=1S/C10H14ClN3O2/c1-14(2)13-10(15)12-8-6-4-5-7(11)9(8)16-3/h4-6H,1-3H3,(H2,12,13,15). The molecule has 0 aromatic heterocycles. The van der Waals surface area contributed by atoms with Crippen LogP contribution in [0.3, 0.4) is 0 Å². The van der Waals surface area contributed by atoms with Crippen LogP contribution in [0.1, 0.15) is 0 Å². The summed E-state index contributed by atoms with van der Waals surface area (Å²) in [5.41, 5.74) is 3.07. The molecule has 0 saturated heterocycles. The maximum absolute atomic E-state index is 11.4. The molecule has 2 N–H and O–H groups in total. The summed E-state index contributed by atoms with van der Waals surface area (Å²) in [6.07, 6.45) is 0. The van der Waals surface area contributed by atoms with E-state index in [1.54, 1.807) is 32.3 Å². The van der Waals surface area contributed by atoms with Crippen molar-refractivity contribution in [3.63, 3.8) is 0 Å². The molecule has 0 aliphatic rings. The summed E-state index contributed by atoms with van der Waals surface area (Å²) in [5, 5.41) is 4.62. The third-order valence-corrected chi connectivity index (χ3v) is 2.04. The van der Waals surface area contributed by atoms with Gasteiger partial charge in [0.05, 0.1) is 17.8 Å². The zero-order valence-electron chi connectivity index (χ0n) is 9.37. The van der Waals surface area contributed by atoms with Crippen molar-refractivity contribution in [3.05, 3.63) is 23.2 Å². The van der Waals surface area contributed by atoms with Gasteiger partial charge in [0.15, 0.2) is 5.75 Å². The molecule has 1 aromatic rings. The molecule has 0 bridgehead atoms. The maximum atomic E-state index is 11.4. The predicted molar refractivity (Wildman–Crippen MR) is 63.8 cm³/mol. The molecule has 0 radical (unpaired) electrons. The number of carbonyl (C=O) groups excluding carboxylic acids is 1. The van der Waals surface area contributed by atoms with Gasteiger partial charge in [0.2, 0.25) is 0 Å². The van der Waals surface area contributed by atoms with Gasteiger partial charge < -0.3 is 10.1 Å². The molecule has 5 nitrogen and oxygen atoms in total. The van der Waals surface area contributed by atoms with E-state index in [2.05, 4.69) is 10.7 Å². The Bertz CT molecular complexity index is 382. The van der Waals surface area contributed by atoms with Gasteiger partial charge in [-0.05, 0) is 12.1 Å². The van der Waals surface area contributed by atoms with E-state index in [1.807, 2.05) is 0 Å². The number of methoxy groups -OCH3 is 1. The van der Waals surface area contributed by atoms with Crippen LogP contribution in [0.4, 0.5) is 10.5 Å². The number of anilines is 1. The fourth-order valence-electron chi connectivity index (χ4n) is 1.17. The Morgan fingerprint density at radius 1 is 1.44 bits per heavy atom. The van der Waals surface area contributed by atoms with E-state index in [0.717, 1.165) is 0 Å². The Labute approximate surface area is 99.3 Å². The molecule has 0 unspecified atom stereocenters. The van der Waals surface area contributed by atoms with E-state index in [0.29, 0.717) is 16.5 Å². The molecule has 0 aliphatic heterocycles. The monoisotopic (exact) mass is 243 g/mol. The van der Waals surface area contributed by atoms with E-state index in [1.165, 1.54) is 12.1 Å². The van der Waals surface area contributed by atoms with Crippen molar-refractivity contribution in [2.24, 2.45) is 0 Å². The summed E-state index contributed by atoms with van der Waals surface area (Å²) in [4.78, 5) is 11.4. The van der Waals surface area contributed by atoms with Crippen molar-refractivity contribution < 1.29 is 9.53 Å². The highest BCUT2D eigenvalue weighted by atomic mass is 35.5. The average Bonchev–Trinajstić information content (AvgIpc) is 2.16. The normalized spacial score (nSPS) is 10.1. The van der Waals surface area contributed by atoms with E-state index < -0.39 is 0 Å². The van der Waals surface area contributed by atoms with Crippen LogP contribution in [0.15, 0.2) is 18.2 Å². The van der Waals surface area contributed by atoms with Crippen LogP contribution in [0, 0.1) is 0 Å². The highest BCUT2D eigenvalue weighted by molar-refractivity contribution is 6.32. The third-order valence-electron chi connectivity index (χ3n) is 1.74. The fraction of sp³-hybridized carbons (Fsp3) is 0.300. The Balaban J connectivity index is 2.81. The van der Waals surface area contributed by atoms with Crippen molar-refractivity contribution in [1.82, 2.24) is 10.4 Å². The van der Waals surface area contributed by atoms with Crippen LogP contribution in [0.5, 0.6) is 5.75 Å². The van der Waals surface area contributed by atoms with Gasteiger partial charge in [-0.1, -0.05) is 17.7 Å². The lowest BCUT2D eigenvalue weighted by Gasteiger charge is -2.15. The zero-order valence-corrected chi connectivity index (χ0v) is 10.1. The number of urea groups is 1. The van der Waals surface area contributed by atoms with Crippen LogP contribution in [-0.4, -0.2) is 32.2 Å². The van der Waals surface area contributed by atoms with Gasteiger partial charge in [-0.2, -0.15) is 0 Å². The first kappa shape index (κ1) is 12.6. The highest BCUT2D eigenvalue weighted by Crippen LogP contribution is 2.32. The van der Waals surface area contributed by atoms with Gasteiger partial charge >= 0.3 is 6.03 Å². The molecule has 0 atom stereocenters. The molecular weight excluding hydrogens is 230 g/mol. The second kappa shape index (κ2) is 5.58. The second-order valence-corrected chi connectivity index (χ2v) is 3.69. The minimum absolute atomic E-state index is 0.356. The smallest absolute Gasteiger partial charge is 0.333 e. The van der Waals surface area contributed by atoms with E-state index in [-0.39, 0.29) is 6.03 Å². The molecule has 1 aromatic carbocycles. The summed E-state index contributed by atoms with van der Waals surface area (Å²) in [6, 6.07) is 4.77. The number of hydrogen-bond donors (Lipinski definition) is 2. The number of nitrogens with zero attached hydrogens (tertiary/aromatic N) is 1. The van der Waals surface area contributed by atoms with E-state index in [9.17, 15) is 4.79 Å². The number of nitrogens with one attached hydrogen (secondary N) is 2. The number of para-hydroxylation sites is 1. The van der Waals surface area contributed by atoms with Crippen LogP contribution < -0.4 is 15.5 Å². The molecule has 6 heteroatoms. The molecule has 2 amide bonds. The summed E-state index contributed by atoms with van der Waals surface area (Å²) in [5.74, 6) is 0.443. The van der Waals surface area contributed by atoms with Crippen molar-refractivity contribution in [2.75, 3.05) is 26.5 Å². The third kappa shape index (κ3) is 3.29. The van der Waals surface area contributed by atoms with Crippen LogP contribution in [-0.2, 0) is 0 Å². The first-order chi connectivity index (χ1) is 7.54. The van der Waals surface area contributed by atoms with Crippen LogP contribution >= 0.6 is 11.6 Å². The molecule has 88 valence electrons. The van der Waals surface area contributed by atoms with Gasteiger partial charge in [0.1, 0.15) is 0 Å². The van der Waals surface area contributed by atoms with Crippen molar-refractivity contribution in [1.29, 1.82) is 0 Å². The van der Waals surface area contributed by atoms with Gasteiger partial charge in [-0.3, -0.25) is 5.43 Å². The van der Waals surface area contributed by atoms with Gasteiger partial charge in [-0.15, -0.1) is 0 Å². The van der Waals surface area contributed by atoms with Gasteiger partial charge in [-0.25, -0.2) is 9.80 Å². The highest BCUT2D eigenvalue weighted by Gasteiger charge is 2.10. The fourth-order valence-corrected chi connectivity index (χ4v) is 1.42. The van der Waals surface area contributed by atoms with Gasteiger partial charge in [0, 0.05) is 14.1 Å². The van der Waals surface area contributed by atoms with Crippen molar-refractivity contribution >= 4 is 23.3 Å². The lowest BCUT2D eigenvalue weighted by Crippen LogP contribution is -2.39. The number of amides is 2. The number of benzene rings is 1. The van der Waals surface area contributed by atoms with E-state index >= 15 is 0 Å². The SMILES string of the molecule is COc1c(Cl)cccc1NC(=O)NN(C)C. The molecule has 0 spiro atoms. The number of halogens is 1. The van der Waals surface area contributed by atoms with E-state index in [4.69, 9.17) is 16.3 Å². The molecular formula is C10H14ClN3O2. The number of hydrazine groups is 1. The Morgan fingerprint density at radius 2 is 2.12 bits per heavy atom. The largest absolute Gasteiger partial charge is 0.493 e. The quantitative estimate of drug-likeness (QED) is 0.798. The maximum Gasteiger partial charge on any atom is 0.333 e. The molecule has 0 saturated carbocycles. The number of carbonyl (C=O) groups is 1. The lowest BCUT2D eigenvalue weighted by atomic mass is 10.3. The Morgan fingerprint density at radius 3 is 2.69 bits per heavy atom. The lowest BCUT2D eigenvalue weighted by molar-refractivity contribution is 0.224. The van der Waals surface area contributed by atoms with Crippen LogP contribution in [0.25, 0.3) is 0 Å². The zero-order chi connectivity index (χ0) is 12.1. The van der Waals surface area contributed by atoms with Crippen LogP contribution in [0.2, 0.25) is 5.02 Å². The number of ether oxygens (including phenoxy) is 1. The van der Waals surface area contributed by atoms with Crippen molar-refractivity contribution in [2.45, 2.75) is 0 Å². The number of rotatable bonds is 3.